The van der Waals surface area contributed by atoms with Crippen molar-refractivity contribution < 1.29 is 29.2 Å². The summed E-state index contributed by atoms with van der Waals surface area (Å²) in [4.78, 5) is 35.4. The van der Waals surface area contributed by atoms with Gasteiger partial charge in [-0.15, -0.1) is 0 Å². The van der Waals surface area contributed by atoms with Gasteiger partial charge in [-0.3, -0.25) is 24.5 Å². The van der Waals surface area contributed by atoms with Crippen LogP contribution < -0.4 is 10.9 Å². The molecule has 0 aliphatic carbocycles. The van der Waals surface area contributed by atoms with Crippen LogP contribution >= 0.6 is 0 Å². The average molecular weight is 437 g/mol. The van der Waals surface area contributed by atoms with Crippen LogP contribution in [0.25, 0.3) is 11.2 Å². The molecule has 2 aliphatic rings. The molecule has 4 heterocycles. The van der Waals surface area contributed by atoms with E-state index in [0.29, 0.717) is 13.0 Å². The van der Waals surface area contributed by atoms with Crippen molar-refractivity contribution in [3.05, 3.63) is 16.7 Å². The van der Waals surface area contributed by atoms with Gasteiger partial charge in [0.1, 0.15) is 18.3 Å². The molecule has 0 aromatic carbocycles. The van der Waals surface area contributed by atoms with E-state index in [9.17, 15) is 19.8 Å². The van der Waals surface area contributed by atoms with Gasteiger partial charge in [-0.1, -0.05) is 13.8 Å². The molecule has 2 aromatic rings. The molecule has 0 bridgehead atoms. The first-order chi connectivity index (χ1) is 14.9. The largest absolute Gasteiger partial charge is 0.394 e. The van der Waals surface area contributed by atoms with E-state index >= 15 is 0 Å². The Kier molecular flexibility index (Phi) is 6.34. The fourth-order valence-electron chi connectivity index (χ4n) is 3.67. The summed E-state index contributed by atoms with van der Waals surface area (Å²) in [5.74, 6) is -0.641. The summed E-state index contributed by atoms with van der Waals surface area (Å²) in [7, 11) is 0. The molecule has 4 N–H and O–H groups in total. The molecule has 2 aliphatic heterocycles. The van der Waals surface area contributed by atoms with Crippen LogP contribution in [-0.4, -0.2) is 73.5 Å². The van der Waals surface area contributed by atoms with Crippen LogP contribution in [0.2, 0.25) is 0 Å². The fourth-order valence-corrected chi connectivity index (χ4v) is 3.67. The fraction of sp³-hybridized carbons (Fsp3) is 0.684. The van der Waals surface area contributed by atoms with Crippen LogP contribution in [0.5, 0.6) is 0 Å². The number of fused-ring (bicyclic) bond motifs is 1. The number of imidazole rings is 1. The van der Waals surface area contributed by atoms with E-state index in [1.54, 1.807) is 13.8 Å². The highest BCUT2D eigenvalue weighted by Crippen LogP contribution is 2.35. The van der Waals surface area contributed by atoms with Gasteiger partial charge in [-0.25, -0.2) is 4.98 Å². The molecule has 12 nitrogen and oxygen atoms in total. The second-order valence-corrected chi connectivity index (χ2v) is 8.02. The van der Waals surface area contributed by atoms with Crippen LogP contribution in [0.3, 0.4) is 0 Å². The second-order valence-electron chi connectivity index (χ2n) is 8.02. The third-order valence-electron chi connectivity index (χ3n) is 5.41. The Morgan fingerprint density at radius 3 is 2.94 bits per heavy atom. The summed E-state index contributed by atoms with van der Waals surface area (Å²) in [5, 5.41) is 22.8. The second kappa shape index (κ2) is 9.01. The van der Waals surface area contributed by atoms with Gasteiger partial charge in [0.05, 0.1) is 12.9 Å². The maximum absolute atomic E-state index is 12.5. The number of anilines is 1. The van der Waals surface area contributed by atoms with E-state index < -0.39 is 43.0 Å². The summed E-state index contributed by atoms with van der Waals surface area (Å²) in [6, 6.07) is 0. The van der Waals surface area contributed by atoms with Crippen LogP contribution in [0.4, 0.5) is 5.95 Å². The number of amides is 1. The zero-order valence-electron chi connectivity index (χ0n) is 17.4. The van der Waals surface area contributed by atoms with Crippen molar-refractivity contribution >= 4 is 23.0 Å². The molecule has 170 valence electrons. The normalized spacial score (nSPS) is 29.0. The first-order valence-electron chi connectivity index (χ1n) is 10.4. The first-order valence-corrected chi connectivity index (χ1v) is 10.4. The number of aliphatic hydroxyl groups excluding tert-OH is 2. The number of H-pyrrole nitrogens is 1. The van der Waals surface area contributed by atoms with Gasteiger partial charge < -0.3 is 24.4 Å². The molecule has 31 heavy (non-hydrogen) atoms. The number of aliphatic hydroxyl groups is 2. The summed E-state index contributed by atoms with van der Waals surface area (Å²) < 4.78 is 18.9. The first kappa shape index (κ1) is 21.8. The quantitative estimate of drug-likeness (QED) is 0.483. The maximum atomic E-state index is 12.5. The molecule has 12 heteroatoms. The summed E-state index contributed by atoms with van der Waals surface area (Å²) in [5.41, 5.74) is -0.342. The number of aromatic amines is 1. The molecule has 2 saturated heterocycles. The Morgan fingerprint density at radius 2 is 2.26 bits per heavy atom. The zero-order chi connectivity index (χ0) is 22.1. The molecular formula is C19H27N5O7. The summed E-state index contributed by atoms with van der Waals surface area (Å²) in [6.07, 6.45) is -0.410. The lowest BCUT2D eigenvalue weighted by Crippen LogP contribution is -2.39. The van der Waals surface area contributed by atoms with Crippen LogP contribution in [-0.2, 0) is 19.0 Å². The van der Waals surface area contributed by atoms with E-state index in [1.807, 2.05) is 0 Å². The predicted octanol–water partition coefficient (Wildman–Crippen LogP) is -0.124. The SMILES string of the molecule is CC(C)C(=O)Nc1nc2c(ncn2C2OC(CO)C(O)C2OC2CCCCO2)c(=O)[nH]1. The number of aromatic nitrogens is 4. The third-order valence-corrected chi connectivity index (χ3v) is 5.41. The van der Waals surface area contributed by atoms with Gasteiger partial charge in [0.2, 0.25) is 11.9 Å². The number of hydrogen-bond acceptors (Lipinski definition) is 9. The van der Waals surface area contributed by atoms with Crippen molar-refractivity contribution in [3.63, 3.8) is 0 Å². The number of nitrogens with zero attached hydrogens (tertiary/aromatic N) is 3. The highest BCUT2D eigenvalue weighted by molar-refractivity contribution is 5.91. The standard InChI is InChI=1S/C19H27N5O7/c1-9(2)16(27)22-19-21-15-12(17(28)23-19)20-8-24(15)18-14(13(26)10(7-25)30-18)31-11-5-3-4-6-29-11/h8-11,13-14,18,25-26H,3-7H2,1-2H3,(H2,21,22,23,27,28). The minimum atomic E-state index is -1.12. The van der Waals surface area contributed by atoms with Gasteiger partial charge in [-0.05, 0) is 19.3 Å². The van der Waals surface area contributed by atoms with Gasteiger partial charge in [0.15, 0.2) is 23.7 Å². The molecule has 0 saturated carbocycles. The minimum Gasteiger partial charge on any atom is -0.394 e. The van der Waals surface area contributed by atoms with Crippen LogP contribution in [0.15, 0.2) is 11.1 Å². The number of rotatable bonds is 6. The third kappa shape index (κ3) is 4.34. The molecular weight excluding hydrogens is 410 g/mol. The Morgan fingerprint density at radius 1 is 1.45 bits per heavy atom. The lowest BCUT2D eigenvalue weighted by Gasteiger charge is -2.29. The summed E-state index contributed by atoms with van der Waals surface area (Å²) >= 11 is 0. The van der Waals surface area contributed by atoms with Crippen molar-refractivity contribution in [1.29, 1.82) is 0 Å². The van der Waals surface area contributed by atoms with Gasteiger partial charge >= 0.3 is 0 Å². The number of ether oxygens (including phenoxy) is 3. The molecule has 2 aromatic heterocycles. The van der Waals surface area contributed by atoms with Crippen molar-refractivity contribution in [2.45, 2.75) is 63.9 Å². The van der Waals surface area contributed by atoms with Gasteiger partial charge in [0.25, 0.3) is 5.56 Å². The topological polar surface area (TPSA) is 161 Å². The van der Waals surface area contributed by atoms with E-state index in [4.69, 9.17) is 14.2 Å². The highest BCUT2D eigenvalue weighted by atomic mass is 16.7. The van der Waals surface area contributed by atoms with Crippen molar-refractivity contribution in [3.8, 4) is 0 Å². The Labute approximate surface area is 177 Å². The number of nitrogens with one attached hydrogen (secondary N) is 2. The van der Waals surface area contributed by atoms with E-state index in [2.05, 4.69) is 20.3 Å². The van der Waals surface area contributed by atoms with Crippen molar-refractivity contribution in [2.75, 3.05) is 18.5 Å². The lowest BCUT2D eigenvalue weighted by atomic mass is 10.1. The number of hydrogen-bond donors (Lipinski definition) is 4. The van der Waals surface area contributed by atoms with Crippen molar-refractivity contribution in [2.24, 2.45) is 5.92 Å². The maximum Gasteiger partial charge on any atom is 0.280 e. The van der Waals surface area contributed by atoms with Crippen LogP contribution in [0.1, 0.15) is 39.3 Å². The Bertz CT molecular complexity index is 984. The number of carbonyl (C=O) groups is 1. The minimum absolute atomic E-state index is 0.0247. The molecule has 2 fully saturated rings. The average Bonchev–Trinajstić information content (AvgIpc) is 3.30. The monoisotopic (exact) mass is 437 g/mol. The predicted molar refractivity (Wildman–Crippen MR) is 107 cm³/mol. The Balaban J connectivity index is 1.68. The Hall–Kier alpha value is -2.38. The van der Waals surface area contributed by atoms with Crippen LogP contribution in [0, 0.1) is 5.92 Å². The molecule has 0 radical (unpaired) electrons. The van der Waals surface area contributed by atoms with E-state index in [-0.39, 0.29) is 28.9 Å². The molecule has 5 atom stereocenters. The summed E-state index contributed by atoms with van der Waals surface area (Å²) in [6.45, 7) is 3.58. The zero-order valence-corrected chi connectivity index (χ0v) is 17.4. The van der Waals surface area contributed by atoms with Crippen molar-refractivity contribution in [1.82, 2.24) is 19.5 Å². The van der Waals surface area contributed by atoms with Gasteiger partial charge in [-0.2, -0.15) is 4.98 Å². The van der Waals surface area contributed by atoms with E-state index in [1.165, 1.54) is 10.9 Å². The number of carbonyl (C=O) groups excluding carboxylic acids is 1. The van der Waals surface area contributed by atoms with E-state index in [0.717, 1.165) is 12.8 Å². The molecule has 5 unspecified atom stereocenters. The molecule has 4 rings (SSSR count). The molecule has 1 amide bonds. The van der Waals surface area contributed by atoms with Gasteiger partial charge in [0, 0.05) is 12.5 Å². The lowest BCUT2D eigenvalue weighted by molar-refractivity contribution is -0.215. The smallest absolute Gasteiger partial charge is 0.280 e. The molecule has 0 spiro atoms. The highest BCUT2D eigenvalue weighted by Gasteiger charge is 2.47.